The van der Waals surface area contributed by atoms with E-state index in [9.17, 15) is 19.5 Å². The van der Waals surface area contributed by atoms with Crippen LogP contribution >= 0.6 is 11.6 Å². The molecule has 0 aromatic heterocycles. The number of carbonyl (C=O) groups is 3. The Balaban J connectivity index is 2.08. The molecule has 0 radical (unpaired) electrons. The molecule has 1 fully saturated rings. The van der Waals surface area contributed by atoms with Gasteiger partial charge in [-0.1, -0.05) is 49.2 Å². The fraction of sp³-hybridized carbons (Fsp3) is 0.577. The third-order valence-corrected chi connectivity index (χ3v) is 6.56. The maximum atomic E-state index is 13.5. The lowest BCUT2D eigenvalue weighted by Crippen LogP contribution is -2.48. The van der Waals surface area contributed by atoms with Crippen LogP contribution in [-0.4, -0.2) is 55.9 Å². The van der Waals surface area contributed by atoms with Crippen LogP contribution < -0.4 is 5.32 Å². The Hall–Kier alpha value is -2.42. The van der Waals surface area contributed by atoms with Crippen molar-refractivity contribution in [2.45, 2.75) is 57.6 Å². The summed E-state index contributed by atoms with van der Waals surface area (Å²) in [7, 11) is 1.52. The van der Waals surface area contributed by atoms with Gasteiger partial charge >= 0.3 is 11.9 Å². The maximum Gasteiger partial charge on any atom is 0.308 e. The van der Waals surface area contributed by atoms with Crippen LogP contribution in [0.1, 0.15) is 50.5 Å². The van der Waals surface area contributed by atoms with Gasteiger partial charge in [-0.25, -0.2) is 0 Å². The number of carboxylic acids is 1. The molecule has 1 aliphatic carbocycles. The van der Waals surface area contributed by atoms with Crippen molar-refractivity contribution in [2.75, 3.05) is 26.9 Å². The molecule has 8 nitrogen and oxygen atoms in total. The number of aliphatic carboxylic acids is 1. The Bertz CT molecular complexity index is 837. The van der Waals surface area contributed by atoms with Crippen LogP contribution in [0.3, 0.4) is 0 Å². The number of hydrogen-bond donors (Lipinski definition) is 2. The van der Waals surface area contributed by atoms with Crippen molar-refractivity contribution in [1.82, 2.24) is 5.32 Å². The van der Waals surface area contributed by atoms with Crippen LogP contribution in [0.25, 0.3) is 0 Å². The summed E-state index contributed by atoms with van der Waals surface area (Å²) in [6.07, 6.45) is 4.89. The molecular weight excluding hydrogens is 474 g/mol. The van der Waals surface area contributed by atoms with Gasteiger partial charge in [0.1, 0.15) is 6.61 Å². The van der Waals surface area contributed by atoms with Gasteiger partial charge in [0.2, 0.25) is 5.91 Å². The minimum atomic E-state index is -0.933. The highest BCUT2D eigenvalue weighted by molar-refractivity contribution is 6.30. The van der Waals surface area contributed by atoms with E-state index in [2.05, 4.69) is 11.9 Å². The van der Waals surface area contributed by atoms with Crippen molar-refractivity contribution in [3.8, 4) is 0 Å². The molecule has 0 heterocycles. The summed E-state index contributed by atoms with van der Waals surface area (Å²) in [5.41, 5.74) is 0.111. The molecule has 0 spiro atoms. The monoisotopic (exact) mass is 509 g/mol. The van der Waals surface area contributed by atoms with Gasteiger partial charge in [0.05, 0.1) is 37.0 Å². The van der Waals surface area contributed by atoms with E-state index in [1.807, 2.05) is 12.1 Å². The van der Waals surface area contributed by atoms with E-state index < -0.39 is 29.3 Å². The second-order valence-corrected chi connectivity index (χ2v) is 9.43. The van der Waals surface area contributed by atoms with Gasteiger partial charge in [-0.15, -0.1) is 0 Å². The number of ether oxygens (including phenoxy) is 3. The first-order chi connectivity index (χ1) is 16.8. The number of rotatable bonds is 16. The maximum absolute atomic E-state index is 13.5. The molecule has 0 bridgehead atoms. The first-order valence-electron chi connectivity index (χ1n) is 11.9. The van der Waals surface area contributed by atoms with E-state index in [0.717, 1.165) is 18.4 Å². The van der Waals surface area contributed by atoms with E-state index in [1.165, 1.54) is 13.2 Å². The molecule has 1 aliphatic rings. The van der Waals surface area contributed by atoms with Crippen LogP contribution in [0.4, 0.5) is 0 Å². The summed E-state index contributed by atoms with van der Waals surface area (Å²) in [4.78, 5) is 37.6. The number of amides is 1. The molecule has 1 aromatic carbocycles. The normalized spacial score (nSPS) is 16.3. The van der Waals surface area contributed by atoms with Gasteiger partial charge < -0.3 is 24.6 Å². The van der Waals surface area contributed by atoms with Gasteiger partial charge in [-0.05, 0) is 43.4 Å². The molecule has 2 rings (SSSR count). The largest absolute Gasteiger partial charge is 0.481 e. The van der Waals surface area contributed by atoms with Crippen molar-refractivity contribution < 1.29 is 33.7 Å². The molecule has 9 heteroatoms. The molecule has 0 aliphatic heterocycles. The Labute approximate surface area is 212 Å². The zero-order valence-corrected chi connectivity index (χ0v) is 21.1. The topological polar surface area (TPSA) is 111 Å². The molecule has 2 atom stereocenters. The molecular formula is C26H36ClNO7. The van der Waals surface area contributed by atoms with Crippen LogP contribution in [0, 0.1) is 11.3 Å². The second-order valence-electron chi connectivity index (χ2n) is 9.00. The molecule has 0 unspecified atom stereocenters. The average molecular weight is 510 g/mol. The third-order valence-electron chi connectivity index (χ3n) is 6.31. The predicted octanol–water partition coefficient (Wildman–Crippen LogP) is 4.15. The molecule has 194 valence electrons. The lowest BCUT2D eigenvalue weighted by molar-refractivity contribution is -0.145. The van der Waals surface area contributed by atoms with Gasteiger partial charge in [0, 0.05) is 18.7 Å². The van der Waals surface area contributed by atoms with E-state index in [4.69, 9.17) is 25.8 Å². The van der Waals surface area contributed by atoms with Crippen molar-refractivity contribution in [2.24, 2.45) is 11.3 Å². The van der Waals surface area contributed by atoms with E-state index >= 15 is 0 Å². The minimum Gasteiger partial charge on any atom is -0.481 e. The summed E-state index contributed by atoms with van der Waals surface area (Å²) in [5.74, 6) is -2.34. The number of methoxy groups -OCH3 is 1. The number of hydrogen-bond acceptors (Lipinski definition) is 6. The number of halogens is 1. The van der Waals surface area contributed by atoms with Crippen LogP contribution in [0.5, 0.6) is 0 Å². The van der Waals surface area contributed by atoms with E-state index in [1.54, 1.807) is 12.1 Å². The smallest absolute Gasteiger partial charge is 0.308 e. The summed E-state index contributed by atoms with van der Waals surface area (Å²) in [6, 6.07) is 6.59. The molecule has 0 saturated heterocycles. The zero-order chi connectivity index (χ0) is 25.7. The van der Waals surface area contributed by atoms with E-state index in [0.29, 0.717) is 30.9 Å². The van der Waals surface area contributed by atoms with Gasteiger partial charge in [0.15, 0.2) is 0 Å². The second kappa shape index (κ2) is 14.9. The first-order valence-corrected chi connectivity index (χ1v) is 12.3. The number of carboxylic acid groups (broad SMARTS) is 1. The van der Waals surface area contributed by atoms with Crippen molar-refractivity contribution in [3.63, 3.8) is 0 Å². The highest BCUT2D eigenvalue weighted by Crippen LogP contribution is 2.44. The fourth-order valence-electron chi connectivity index (χ4n) is 4.42. The van der Waals surface area contributed by atoms with Gasteiger partial charge in [-0.3, -0.25) is 14.4 Å². The quantitative estimate of drug-likeness (QED) is 0.254. The number of esters is 1. The summed E-state index contributed by atoms with van der Waals surface area (Å²) >= 11 is 5.92. The lowest BCUT2D eigenvalue weighted by atomic mass is 9.75. The van der Waals surface area contributed by atoms with Crippen molar-refractivity contribution in [1.29, 1.82) is 0 Å². The Morgan fingerprint density at radius 1 is 1.23 bits per heavy atom. The third kappa shape index (κ3) is 9.63. The SMILES string of the molecule is C=CCOC(=O)C[C@@H](COCc1ccc(Cl)cc1)NC(=O)C1(C[C@@H](CCOC)C(=O)O)CCCC1. The van der Waals surface area contributed by atoms with Crippen LogP contribution in [0.2, 0.25) is 5.02 Å². The Morgan fingerprint density at radius 3 is 2.51 bits per heavy atom. The number of benzene rings is 1. The zero-order valence-electron chi connectivity index (χ0n) is 20.3. The molecule has 1 amide bonds. The van der Waals surface area contributed by atoms with Crippen molar-refractivity contribution in [3.05, 3.63) is 47.5 Å². The highest BCUT2D eigenvalue weighted by atomic mass is 35.5. The van der Waals surface area contributed by atoms with Crippen LogP contribution in [-0.2, 0) is 35.2 Å². The average Bonchev–Trinajstić information content (AvgIpc) is 3.31. The number of carbonyl (C=O) groups excluding carboxylic acids is 2. The molecule has 2 N–H and O–H groups in total. The van der Waals surface area contributed by atoms with E-state index in [-0.39, 0.29) is 38.6 Å². The minimum absolute atomic E-state index is 0.0672. The predicted molar refractivity (Wildman–Crippen MR) is 132 cm³/mol. The molecule has 1 saturated carbocycles. The first kappa shape index (κ1) is 28.8. The van der Waals surface area contributed by atoms with Gasteiger partial charge in [-0.2, -0.15) is 0 Å². The van der Waals surface area contributed by atoms with Gasteiger partial charge in [0.25, 0.3) is 0 Å². The highest BCUT2D eigenvalue weighted by Gasteiger charge is 2.44. The summed E-state index contributed by atoms with van der Waals surface area (Å²) < 4.78 is 16.0. The number of nitrogens with one attached hydrogen (secondary N) is 1. The standard InChI is InChI=1S/C26H36ClNO7/c1-3-13-35-23(29)15-22(18-34-17-19-6-8-21(27)9-7-19)28-25(32)26(11-4-5-12-26)16-20(24(30)31)10-14-33-2/h3,6-9,20,22H,1,4-5,10-18H2,2H3,(H,28,32)(H,30,31)/t20-,22+/m1/s1. The van der Waals surface area contributed by atoms with Crippen molar-refractivity contribution >= 4 is 29.4 Å². The Kier molecular flexibility index (Phi) is 12.2. The van der Waals surface area contributed by atoms with Crippen LogP contribution in [0.15, 0.2) is 36.9 Å². The molecule has 1 aromatic rings. The summed E-state index contributed by atoms with van der Waals surface area (Å²) in [5, 5.41) is 13.3. The summed E-state index contributed by atoms with van der Waals surface area (Å²) in [6.45, 7) is 4.31. The lowest BCUT2D eigenvalue weighted by Gasteiger charge is -2.32. The molecule has 35 heavy (non-hydrogen) atoms. The fourth-order valence-corrected chi connectivity index (χ4v) is 4.55. The Morgan fingerprint density at radius 2 is 1.91 bits per heavy atom.